The quantitative estimate of drug-likeness (QED) is 0.174. The van der Waals surface area contributed by atoms with Crippen LogP contribution < -0.4 is 15.5 Å². The SMILES string of the molecule is Fc1nc(Nc2ccc(OOOS)cc2)nc(Nc2ccc3ccccc3c2)n1. The maximum absolute atomic E-state index is 13.9. The lowest BCUT2D eigenvalue weighted by Crippen LogP contribution is -2.06. The first-order valence-corrected chi connectivity index (χ1v) is 8.75. The highest BCUT2D eigenvalue weighted by molar-refractivity contribution is 7.74. The number of aromatic nitrogens is 3. The minimum Gasteiger partial charge on any atom is -0.324 e. The van der Waals surface area contributed by atoms with Gasteiger partial charge in [-0.1, -0.05) is 30.3 Å². The van der Waals surface area contributed by atoms with Crippen LogP contribution in [0.2, 0.25) is 0 Å². The van der Waals surface area contributed by atoms with Crippen LogP contribution in [0.1, 0.15) is 0 Å². The summed E-state index contributed by atoms with van der Waals surface area (Å²) in [5.41, 5.74) is 1.33. The summed E-state index contributed by atoms with van der Waals surface area (Å²) < 4.78 is 17.9. The summed E-state index contributed by atoms with van der Waals surface area (Å²) in [5.74, 6) is 0.504. The fraction of sp³-hybridized carbons (Fsp3) is 0. The predicted octanol–water partition coefficient (Wildman–Crippen LogP) is 4.74. The molecule has 0 saturated carbocycles. The van der Waals surface area contributed by atoms with Gasteiger partial charge in [-0.3, -0.25) is 0 Å². The van der Waals surface area contributed by atoms with Crippen LogP contribution in [0.5, 0.6) is 5.75 Å². The van der Waals surface area contributed by atoms with Crippen molar-refractivity contribution in [3.8, 4) is 5.75 Å². The highest BCUT2D eigenvalue weighted by Gasteiger charge is 2.08. The van der Waals surface area contributed by atoms with Gasteiger partial charge >= 0.3 is 6.08 Å². The van der Waals surface area contributed by atoms with Crippen molar-refractivity contribution in [3.05, 3.63) is 72.8 Å². The van der Waals surface area contributed by atoms with E-state index in [9.17, 15) is 4.39 Å². The highest BCUT2D eigenvalue weighted by atomic mass is 32.1. The molecule has 0 unspecified atom stereocenters. The monoisotopic (exact) mass is 411 g/mol. The average molecular weight is 411 g/mol. The van der Waals surface area contributed by atoms with Crippen LogP contribution in [0.25, 0.3) is 10.8 Å². The maximum Gasteiger partial charge on any atom is 0.315 e. The van der Waals surface area contributed by atoms with Gasteiger partial charge in [0.25, 0.3) is 0 Å². The van der Waals surface area contributed by atoms with Crippen molar-refractivity contribution in [2.75, 3.05) is 10.6 Å². The Labute approximate surface area is 170 Å². The Morgan fingerprint density at radius 3 is 2.14 bits per heavy atom. The second-order valence-corrected chi connectivity index (χ2v) is 5.96. The molecule has 2 N–H and O–H groups in total. The van der Waals surface area contributed by atoms with Crippen LogP contribution in [-0.4, -0.2) is 15.0 Å². The first-order chi connectivity index (χ1) is 14.2. The standard InChI is InChI=1S/C19H14FN5O3S/c20-17-23-18(21-14-7-9-16(10-8-14)26-27-28-29)25-19(24-17)22-15-6-5-12-3-1-2-4-13(12)11-15/h1-11,29H,(H2,21,22,23,24,25). The number of fused-ring (bicyclic) bond motifs is 1. The van der Waals surface area contributed by atoms with E-state index in [4.69, 9.17) is 4.89 Å². The third-order valence-electron chi connectivity index (χ3n) is 3.88. The molecular weight excluding hydrogens is 397 g/mol. The minimum absolute atomic E-state index is 0.0457. The molecule has 0 radical (unpaired) electrons. The first-order valence-electron chi connectivity index (χ1n) is 8.39. The van der Waals surface area contributed by atoms with Gasteiger partial charge in [-0.2, -0.15) is 19.3 Å². The van der Waals surface area contributed by atoms with Gasteiger partial charge in [0.1, 0.15) is 0 Å². The second-order valence-electron chi connectivity index (χ2n) is 5.81. The summed E-state index contributed by atoms with van der Waals surface area (Å²) in [5, 5.41) is 12.3. The number of nitrogens with one attached hydrogen (secondary N) is 2. The van der Waals surface area contributed by atoms with E-state index in [0.717, 1.165) is 16.5 Å². The molecule has 0 atom stereocenters. The first kappa shape index (κ1) is 18.9. The molecule has 4 rings (SSSR count). The number of benzene rings is 3. The lowest BCUT2D eigenvalue weighted by Gasteiger charge is -2.09. The average Bonchev–Trinajstić information content (AvgIpc) is 2.73. The molecule has 0 saturated heterocycles. The maximum atomic E-state index is 13.9. The lowest BCUT2D eigenvalue weighted by atomic mass is 10.1. The van der Waals surface area contributed by atoms with Crippen molar-refractivity contribution in [1.29, 1.82) is 0 Å². The van der Waals surface area contributed by atoms with E-state index >= 15 is 0 Å². The molecule has 29 heavy (non-hydrogen) atoms. The van der Waals surface area contributed by atoms with Crippen molar-refractivity contribution in [1.82, 2.24) is 15.0 Å². The Balaban J connectivity index is 1.50. The number of hydrogen-bond donors (Lipinski definition) is 3. The molecule has 0 bridgehead atoms. The van der Waals surface area contributed by atoms with Crippen LogP contribution in [0.3, 0.4) is 0 Å². The summed E-state index contributed by atoms with van der Waals surface area (Å²) >= 11 is 3.39. The van der Waals surface area contributed by atoms with Gasteiger partial charge in [0, 0.05) is 24.3 Å². The van der Waals surface area contributed by atoms with Gasteiger partial charge in [-0.25, -0.2) is 0 Å². The Morgan fingerprint density at radius 2 is 1.41 bits per heavy atom. The number of nitrogens with zero attached hydrogens (tertiary/aromatic N) is 3. The van der Waals surface area contributed by atoms with E-state index in [-0.39, 0.29) is 11.9 Å². The van der Waals surface area contributed by atoms with Crippen LogP contribution in [0.15, 0.2) is 66.7 Å². The zero-order valence-corrected chi connectivity index (χ0v) is 15.6. The predicted molar refractivity (Wildman–Crippen MR) is 109 cm³/mol. The number of thiol groups is 1. The van der Waals surface area contributed by atoms with E-state index in [0.29, 0.717) is 11.4 Å². The zero-order valence-electron chi connectivity index (χ0n) is 14.7. The molecular formula is C19H14FN5O3S. The molecule has 1 heterocycles. The number of rotatable bonds is 7. The van der Waals surface area contributed by atoms with Gasteiger partial charge in [0.15, 0.2) is 5.75 Å². The lowest BCUT2D eigenvalue weighted by molar-refractivity contribution is -0.402. The molecule has 0 aliphatic heterocycles. The van der Waals surface area contributed by atoms with Crippen molar-refractivity contribution in [2.24, 2.45) is 0 Å². The van der Waals surface area contributed by atoms with E-state index in [2.05, 4.69) is 47.9 Å². The number of halogens is 1. The Kier molecular flexibility index (Phi) is 5.66. The van der Waals surface area contributed by atoms with E-state index in [1.165, 1.54) is 0 Å². The number of anilines is 4. The molecule has 8 nitrogen and oxygen atoms in total. The largest absolute Gasteiger partial charge is 0.324 e. The van der Waals surface area contributed by atoms with Gasteiger partial charge < -0.3 is 15.5 Å². The van der Waals surface area contributed by atoms with Gasteiger partial charge in [-0.15, -0.1) is 4.33 Å². The third-order valence-corrected chi connectivity index (χ3v) is 3.95. The molecule has 1 aromatic heterocycles. The topological polar surface area (TPSA) is 90.4 Å². The summed E-state index contributed by atoms with van der Waals surface area (Å²) in [6, 6.07) is 20.2. The van der Waals surface area contributed by atoms with Gasteiger partial charge in [0.2, 0.25) is 11.9 Å². The Bertz CT molecular complexity index is 1130. The van der Waals surface area contributed by atoms with E-state index in [1.807, 2.05) is 42.5 Å². The second kappa shape index (κ2) is 8.69. The Morgan fingerprint density at radius 1 is 0.759 bits per heavy atom. The summed E-state index contributed by atoms with van der Waals surface area (Å²) in [6.07, 6.45) is -0.912. The molecule has 0 fully saturated rings. The van der Waals surface area contributed by atoms with E-state index < -0.39 is 6.08 Å². The molecule has 146 valence electrons. The van der Waals surface area contributed by atoms with Crippen molar-refractivity contribution in [2.45, 2.75) is 0 Å². The third kappa shape index (κ3) is 4.88. The van der Waals surface area contributed by atoms with Gasteiger partial charge in [-0.05, 0) is 52.2 Å². The molecule has 0 spiro atoms. The molecule has 0 amide bonds. The van der Waals surface area contributed by atoms with Crippen molar-refractivity contribution in [3.63, 3.8) is 0 Å². The normalized spacial score (nSPS) is 10.7. The van der Waals surface area contributed by atoms with Gasteiger partial charge in [0.05, 0.1) is 0 Å². The smallest absolute Gasteiger partial charge is 0.315 e. The molecule has 0 aliphatic rings. The summed E-state index contributed by atoms with van der Waals surface area (Å²) in [7, 11) is 0. The molecule has 10 heteroatoms. The van der Waals surface area contributed by atoms with Crippen LogP contribution in [0.4, 0.5) is 27.7 Å². The zero-order chi connectivity index (χ0) is 20.1. The van der Waals surface area contributed by atoms with E-state index in [1.54, 1.807) is 24.3 Å². The molecule has 3 aromatic carbocycles. The Hall–Kier alpha value is -3.47. The fourth-order valence-corrected chi connectivity index (χ4v) is 2.67. The highest BCUT2D eigenvalue weighted by Crippen LogP contribution is 2.22. The van der Waals surface area contributed by atoms with Crippen molar-refractivity contribution < 1.29 is 18.7 Å². The fourth-order valence-electron chi connectivity index (χ4n) is 2.64. The van der Waals surface area contributed by atoms with Crippen molar-refractivity contribution >= 4 is 47.0 Å². The number of hydrogen-bond acceptors (Lipinski definition) is 9. The minimum atomic E-state index is -0.912. The summed E-state index contributed by atoms with van der Waals surface area (Å²) in [4.78, 5) is 16.3. The molecule has 0 aliphatic carbocycles. The molecule has 4 aromatic rings. The van der Waals surface area contributed by atoms with Crippen LogP contribution in [-0.2, 0) is 9.37 Å². The van der Waals surface area contributed by atoms with Crippen LogP contribution in [0, 0.1) is 6.08 Å². The summed E-state index contributed by atoms with van der Waals surface area (Å²) in [6.45, 7) is 0. The van der Waals surface area contributed by atoms with Crippen LogP contribution >= 0.6 is 12.9 Å².